The first-order valence-corrected chi connectivity index (χ1v) is 14.9. The number of alkyl halides is 3. The number of hydrogen-bond acceptors (Lipinski definition) is 5. The van der Waals surface area contributed by atoms with Crippen LogP contribution in [0.15, 0.2) is 64.9 Å². The van der Waals surface area contributed by atoms with Gasteiger partial charge in [0.25, 0.3) is 5.91 Å². The van der Waals surface area contributed by atoms with E-state index in [1.54, 1.807) is 18.2 Å². The van der Waals surface area contributed by atoms with Crippen molar-refractivity contribution in [1.29, 1.82) is 0 Å². The summed E-state index contributed by atoms with van der Waals surface area (Å²) in [7, 11) is -3.74. The van der Waals surface area contributed by atoms with E-state index in [2.05, 4.69) is 37.5 Å². The zero-order valence-electron chi connectivity index (χ0n) is 19.6. The SMILES string of the molecule is O=C(NCc1ccc(S(=O)(=O)NCC2CCCN2Cc2ccc(C(F)(F)F)cc2)s1)c1ccc(I)cc1. The molecule has 1 aliphatic rings. The lowest BCUT2D eigenvalue weighted by Gasteiger charge is -2.24. The highest BCUT2D eigenvalue weighted by molar-refractivity contribution is 14.1. The van der Waals surface area contributed by atoms with E-state index in [1.807, 2.05) is 12.1 Å². The summed E-state index contributed by atoms with van der Waals surface area (Å²) < 4.78 is 68.0. The number of likely N-dealkylation sites (tertiary alicyclic amines) is 1. The van der Waals surface area contributed by atoms with Gasteiger partial charge in [0.2, 0.25) is 10.0 Å². The van der Waals surface area contributed by atoms with Gasteiger partial charge in [-0.3, -0.25) is 9.69 Å². The topological polar surface area (TPSA) is 78.5 Å². The minimum Gasteiger partial charge on any atom is -0.347 e. The molecule has 2 heterocycles. The van der Waals surface area contributed by atoms with Crippen LogP contribution in [0.5, 0.6) is 0 Å². The van der Waals surface area contributed by atoms with Crippen LogP contribution in [0, 0.1) is 3.57 Å². The fourth-order valence-corrected chi connectivity index (χ4v) is 6.89. The predicted octanol–water partition coefficient (Wildman–Crippen LogP) is 5.24. The summed E-state index contributed by atoms with van der Waals surface area (Å²) in [4.78, 5) is 15.1. The Bertz CT molecular complexity index is 1330. The van der Waals surface area contributed by atoms with Crippen molar-refractivity contribution in [3.63, 3.8) is 0 Å². The zero-order chi connectivity index (χ0) is 26.6. The Balaban J connectivity index is 1.30. The lowest BCUT2D eigenvalue weighted by Crippen LogP contribution is -2.39. The summed E-state index contributed by atoms with van der Waals surface area (Å²) in [5.74, 6) is -0.235. The van der Waals surface area contributed by atoms with Gasteiger partial charge < -0.3 is 5.32 Å². The third kappa shape index (κ3) is 7.53. The van der Waals surface area contributed by atoms with Crippen LogP contribution in [-0.4, -0.2) is 38.4 Å². The van der Waals surface area contributed by atoms with Gasteiger partial charge in [-0.25, -0.2) is 13.1 Å². The van der Waals surface area contributed by atoms with E-state index in [1.165, 1.54) is 18.2 Å². The normalized spacial score (nSPS) is 16.7. The number of nitrogens with one attached hydrogen (secondary N) is 2. The highest BCUT2D eigenvalue weighted by atomic mass is 127. The second-order valence-corrected chi connectivity index (χ2v) is 13.1. The minimum absolute atomic E-state index is 0.0512. The van der Waals surface area contributed by atoms with Crippen molar-refractivity contribution in [2.24, 2.45) is 0 Å². The average Bonchev–Trinajstić information content (AvgIpc) is 3.52. The van der Waals surface area contributed by atoms with Crippen LogP contribution in [0.1, 0.15) is 39.2 Å². The first kappa shape index (κ1) is 28.0. The van der Waals surface area contributed by atoms with Crippen LogP contribution in [0.3, 0.4) is 0 Å². The largest absolute Gasteiger partial charge is 0.416 e. The van der Waals surface area contributed by atoms with Crippen molar-refractivity contribution in [2.45, 2.75) is 42.4 Å². The number of amides is 1. The number of nitrogens with zero attached hydrogens (tertiary/aromatic N) is 1. The monoisotopic (exact) mass is 663 g/mol. The molecule has 1 atom stereocenters. The van der Waals surface area contributed by atoms with Gasteiger partial charge in [0.05, 0.1) is 12.1 Å². The number of hydrogen-bond donors (Lipinski definition) is 2. The van der Waals surface area contributed by atoms with Gasteiger partial charge in [-0.2, -0.15) is 13.2 Å². The van der Waals surface area contributed by atoms with E-state index in [4.69, 9.17) is 0 Å². The fraction of sp³-hybridized carbons (Fsp3) is 0.320. The molecule has 0 aliphatic carbocycles. The summed E-state index contributed by atoms with van der Waals surface area (Å²) in [5.41, 5.74) is 0.591. The van der Waals surface area contributed by atoms with Gasteiger partial charge in [0.1, 0.15) is 4.21 Å². The van der Waals surface area contributed by atoms with Crippen LogP contribution in [0.4, 0.5) is 13.2 Å². The molecule has 1 fully saturated rings. The second-order valence-electron chi connectivity index (χ2n) is 8.72. The molecular formula is C25H25F3IN3O3S2. The maximum atomic E-state index is 12.9. The summed E-state index contributed by atoms with van der Waals surface area (Å²) in [6, 6.07) is 15.4. The van der Waals surface area contributed by atoms with Crippen molar-refractivity contribution in [1.82, 2.24) is 14.9 Å². The lowest BCUT2D eigenvalue weighted by molar-refractivity contribution is -0.137. The molecule has 1 amide bonds. The molecule has 6 nitrogen and oxygen atoms in total. The maximum Gasteiger partial charge on any atom is 0.416 e. The third-order valence-electron chi connectivity index (χ3n) is 6.11. The molecular weight excluding hydrogens is 638 g/mol. The number of thiophene rings is 1. The number of halogens is 4. The van der Waals surface area contributed by atoms with E-state index < -0.39 is 21.8 Å². The minimum atomic E-state index is -4.37. The van der Waals surface area contributed by atoms with E-state index in [0.29, 0.717) is 17.0 Å². The average molecular weight is 664 g/mol. The molecule has 2 N–H and O–H groups in total. The Morgan fingerprint density at radius 1 is 1.05 bits per heavy atom. The van der Waals surface area contributed by atoms with E-state index in [9.17, 15) is 26.4 Å². The van der Waals surface area contributed by atoms with Gasteiger partial charge >= 0.3 is 6.18 Å². The van der Waals surface area contributed by atoms with Crippen LogP contribution in [0.25, 0.3) is 0 Å². The van der Waals surface area contributed by atoms with Crippen molar-refractivity contribution in [3.8, 4) is 0 Å². The van der Waals surface area contributed by atoms with Crippen molar-refractivity contribution in [2.75, 3.05) is 13.1 Å². The Morgan fingerprint density at radius 3 is 2.43 bits per heavy atom. The van der Waals surface area contributed by atoms with Crippen LogP contribution < -0.4 is 10.0 Å². The van der Waals surface area contributed by atoms with Gasteiger partial charge in [0.15, 0.2) is 0 Å². The Kier molecular flexibility index (Phi) is 8.94. The second kappa shape index (κ2) is 11.8. The molecule has 0 bridgehead atoms. The summed E-state index contributed by atoms with van der Waals surface area (Å²) in [5, 5.41) is 2.80. The summed E-state index contributed by atoms with van der Waals surface area (Å²) in [6.07, 6.45) is -2.69. The maximum absolute atomic E-state index is 12.9. The molecule has 4 rings (SSSR count). The van der Waals surface area contributed by atoms with Crippen molar-refractivity contribution >= 4 is 49.9 Å². The van der Waals surface area contributed by atoms with E-state index in [0.717, 1.165) is 52.0 Å². The lowest BCUT2D eigenvalue weighted by atomic mass is 10.1. The standard InChI is InChI=1S/C25H25F3IN3O3S2/c26-25(27,28)19-7-3-17(4-8-19)16-32-13-1-2-21(32)14-31-37(34,35)23-12-11-22(36-23)15-30-24(33)18-5-9-20(29)10-6-18/h3-12,21,31H,1-2,13-16H2,(H,30,33). The first-order valence-electron chi connectivity index (χ1n) is 11.5. The first-order chi connectivity index (χ1) is 17.5. The molecule has 1 aliphatic heterocycles. The van der Waals surface area contributed by atoms with Crippen molar-refractivity contribution < 1.29 is 26.4 Å². The molecule has 1 saturated heterocycles. The third-order valence-corrected chi connectivity index (χ3v) is 9.83. The van der Waals surface area contributed by atoms with Gasteiger partial charge in [-0.15, -0.1) is 11.3 Å². The quantitative estimate of drug-likeness (QED) is 0.307. The zero-order valence-corrected chi connectivity index (χ0v) is 23.4. The van der Waals surface area contributed by atoms with Crippen molar-refractivity contribution in [3.05, 3.63) is 85.8 Å². The number of sulfonamides is 1. The molecule has 1 unspecified atom stereocenters. The highest BCUT2D eigenvalue weighted by Crippen LogP contribution is 2.30. The van der Waals surface area contributed by atoms with Gasteiger partial charge in [-0.05, 0) is 96.1 Å². The predicted molar refractivity (Wildman–Crippen MR) is 145 cm³/mol. The summed E-state index contributed by atoms with van der Waals surface area (Å²) >= 11 is 3.26. The van der Waals surface area contributed by atoms with Crippen LogP contribution in [0.2, 0.25) is 0 Å². The fourth-order valence-electron chi connectivity index (χ4n) is 4.11. The molecule has 198 valence electrons. The molecule has 1 aromatic heterocycles. The molecule has 0 radical (unpaired) electrons. The Hall–Kier alpha value is -2.00. The molecule has 37 heavy (non-hydrogen) atoms. The molecule has 2 aromatic carbocycles. The smallest absolute Gasteiger partial charge is 0.347 e. The molecule has 12 heteroatoms. The van der Waals surface area contributed by atoms with Crippen LogP contribution in [-0.2, 0) is 29.3 Å². The van der Waals surface area contributed by atoms with Crippen LogP contribution >= 0.6 is 33.9 Å². The highest BCUT2D eigenvalue weighted by Gasteiger charge is 2.31. The van der Waals surface area contributed by atoms with Gasteiger partial charge in [0, 0.05) is 33.1 Å². The number of benzene rings is 2. The molecule has 0 saturated carbocycles. The number of carbonyl (C=O) groups excluding carboxylic acids is 1. The Labute approximate surface area is 231 Å². The number of rotatable bonds is 9. The summed E-state index contributed by atoms with van der Waals surface area (Å²) in [6.45, 7) is 1.62. The Morgan fingerprint density at radius 2 is 1.76 bits per heavy atom. The van der Waals surface area contributed by atoms with E-state index >= 15 is 0 Å². The van der Waals surface area contributed by atoms with E-state index in [-0.39, 0.29) is 29.2 Å². The van der Waals surface area contributed by atoms with Gasteiger partial charge in [-0.1, -0.05) is 12.1 Å². The number of carbonyl (C=O) groups is 1. The molecule has 3 aromatic rings. The molecule has 0 spiro atoms.